The van der Waals surface area contributed by atoms with Gasteiger partial charge in [0.2, 0.25) is 5.91 Å². The summed E-state index contributed by atoms with van der Waals surface area (Å²) in [7, 11) is 0. The van der Waals surface area contributed by atoms with Gasteiger partial charge in [-0.2, -0.15) is 0 Å². The molecule has 0 aliphatic carbocycles. The Morgan fingerprint density at radius 2 is 2.19 bits per heavy atom. The first-order valence-corrected chi connectivity index (χ1v) is 6.84. The predicted molar refractivity (Wildman–Crippen MR) is 79.1 cm³/mol. The van der Waals surface area contributed by atoms with E-state index in [4.69, 9.17) is 21.4 Å². The average molecular weight is 310 g/mol. The molecule has 1 aliphatic rings. The van der Waals surface area contributed by atoms with Crippen molar-refractivity contribution in [1.29, 1.82) is 0 Å². The van der Waals surface area contributed by atoms with Crippen LogP contribution in [0.25, 0.3) is 6.08 Å². The number of ether oxygens (including phenoxy) is 1. The van der Waals surface area contributed by atoms with E-state index in [0.717, 1.165) is 5.56 Å². The summed E-state index contributed by atoms with van der Waals surface area (Å²) in [5.74, 6) is -1.15. The number of benzene rings is 1. The molecule has 1 aromatic carbocycles. The summed E-state index contributed by atoms with van der Waals surface area (Å²) in [5, 5.41) is 9.19. The van der Waals surface area contributed by atoms with Gasteiger partial charge >= 0.3 is 5.97 Å². The molecule has 1 amide bonds. The van der Waals surface area contributed by atoms with Crippen LogP contribution in [0.5, 0.6) is 0 Å². The topological polar surface area (TPSA) is 66.8 Å². The molecule has 1 aromatic rings. The lowest BCUT2D eigenvalue weighted by molar-refractivity contribution is -0.170. The van der Waals surface area contributed by atoms with Crippen molar-refractivity contribution in [3.8, 4) is 0 Å². The molecule has 6 heteroatoms. The van der Waals surface area contributed by atoms with Crippen molar-refractivity contribution in [2.75, 3.05) is 19.7 Å². The van der Waals surface area contributed by atoms with Crippen LogP contribution in [0.4, 0.5) is 0 Å². The van der Waals surface area contributed by atoms with Crippen LogP contribution in [0.1, 0.15) is 12.5 Å². The van der Waals surface area contributed by atoms with Gasteiger partial charge in [0.25, 0.3) is 0 Å². The molecule has 0 spiro atoms. The molecule has 0 aromatic heterocycles. The van der Waals surface area contributed by atoms with Gasteiger partial charge in [0.15, 0.2) is 0 Å². The minimum Gasteiger partial charge on any atom is -0.480 e. The van der Waals surface area contributed by atoms with Crippen LogP contribution in [-0.4, -0.2) is 47.2 Å². The largest absolute Gasteiger partial charge is 0.480 e. The lowest BCUT2D eigenvalue weighted by Crippen LogP contribution is -2.63. The monoisotopic (exact) mass is 309 g/mol. The zero-order valence-corrected chi connectivity index (χ0v) is 12.3. The molecule has 5 nitrogen and oxygen atoms in total. The Hall–Kier alpha value is -1.85. The van der Waals surface area contributed by atoms with Gasteiger partial charge in [-0.1, -0.05) is 23.7 Å². The second kappa shape index (κ2) is 6.28. The Labute approximate surface area is 127 Å². The number of hydrogen-bond donors (Lipinski definition) is 1. The minimum absolute atomic E-state index is 0.133. The van der Waals surface area contributed by atoms with Crippen molar-refractivity contribution in [2.24, 2.45) is 0 Å². The van der Waals surface area contributed by atoms with Crippen molar-refractivity contribution in [1.82, 2.24) is 4.90 Å². The maximum Gasteiger partial charge on any atom is 0.329 e. The van der Waals surface area contributed by atoms with Gasteiger partial charge in [0.05, 0.1) is 13.1 Å². The van der Waals surface area contributed by atoms with Crippen LogP contribution in [0.2, 0.25) is 5.02 Å². The van der Waals surface area contributed by atoms with Gasteiger partial charge in [0.1, 0.15) is 12.2 Å². The van der Waals surface area contributed by atoms with Crippen LogP contribution >= 0.6 is 11.6 Å². The summed E-state index contributed by atoms with van der Waals surface area (Å²) >= 11 is 5.87. The quantitative estimate of drug-likeness (QED) is 0.845. The van der Waals surface area contributed by atoms with Gasteiger partial charge in [-0.25, -0.2) is 4.79 Å². The number of carboxylic acids is 1. The Balaban J connectivity index is 1.85. The first kappa shape index (κ1) is 15.5. The van der Waals surface area contributed by atoms with Gasteiger partial charge in [-0.3, -0.25) is 4.79 Å². The van der Waals surface area contributed by atoms with E-state index in [-0.39, 0.29) is 12.5 Å². The normalized spacial score (nSPS) is 16.8. The maximum atomic E-state index is 11.9. The third-order valence-electron chi connectivity index (χ3n) is 3.17. The van der Waals surface area contributed by atoms with Crippen molar-refractivity contribution in [2.45, 2.75) is 12.5 Å². The van der Waals surface area contributed by atoms with Crippen molar-refractivity contribution in [3.05, 3.63) is 40.9 Å². The second-order valence-corrected chi connectivity index (χ2v) is 5.65. The van der Waals surface area contributed by atoms with Crippen molar-refractivity contribution in [3.63, 3.8) is 0 Å². The van der Waals surface area contributed by atoms with Crippen LogP contribution in [0.15, 0.2) is 30.3 Å². The standard InChI is InChI=1S/C15H16ClNO4/c1-15(21-8-14(19)20)9-17(10-15)13(18)6-5-11-3-2-4-12(16)7-11/h2-7H,8-10H2,1H3,(H,19,20)/b6-5+. The number of carbonyl (C=O) groups is 2. The van der Waals surface area contributed by atoms with Crippen LogP contribution < -0.4 is 0 Å². The summed E-state index contributed by atoms with van der Waals surface area (Å²) in [6, 6.07) is 7.20. The highest BCUT2D eigenvalue weighted by Crippen LogP contribution is 2.25. The van der Waals surface area contributed by atoms with E-state index in [0.29, 0.717) is 18.1 Å². The number of amides is 1. The van der Waals surface area contributed by atoms with Gasteiger partial charge in [-0.05, 0) is 30.7 Å². The molecule has 0 bridgehead atoms. The average Bonchev–Trinajstić information content (AvgIpc) is 2.39. The van der Waals surface area contributed by atoms with Gasteiger partial charge in [-0.15, -0.1) is 0 Å². The first-order valence-electron chi connectivity index (χ1n) is 6.46. The zero-order valence-electron chi connectivity index (χ0n) is 11.6. The number of hydrogen-bond acceptors (Lipinski definition) is 3. The third-order valence-corrected chi connectivity index (χ3v) is 3.41. The molecule has 0 saturated carbocycles. The molecule has 1 saturated heterocycles. The summed E-state index contributed by atoms with van der Waals surface area (Å²) in [6.07, 6.45) is 3.17. The summed E-state index contributed by atoms with van der Waals surface area (Å²) in [4.78, 5) is 24.0. The first-order chi connectivity index (χ1) is 9.88. The fourth-order valence-electron chi connectivity index (χ4n) is 2.13. The van der Waals surface area contributed by atoms with E-state index in [1.165, 1.54) is 6.08 Å². The summed E-state index contributed by atoms with van der Waals surface area (Å²) in [6.45, 7) is 2.22. The molecular weight excluding hydrogens is 294 g/mol. The zero-order chi connectivity index (χ0) is 15.5. The molecule has 21 heavy (non-hydrogen) atoms. The van der Waals surface area contributed by atoms with Crippen molar-refractivity contribution < 1.29 is 19.4 Å². The van der Waals surface area contributed by atoms with Crippen molar-refractivity contribution >= 4 is 29.6 Å². The van der Waals surface area contributed by atoms with E-state index >= 15 is 0 Å². The number of aliphatic carboxylic acids is 1. The maximum absolute atomic E-state index is 11.9. The Kier molecular flexibility index (Phi) is 4.65. The molecule has 0 radical (unpaired) electrons. The minimum atomic E-state index is -1.01. The highest BCUT2D eigenvalue weighted by atomic mass is 35.5. The van der Waals surface area contributed by atoms with E-state index in [2.05, 4.69) is 0 Å². The number of rotatable bonds is 5. The van der Waals surface area contributed by atoms with E-state index in [1.807, 2.05) is 12.1 Å². The predicted octanol–water partition coefficient (Wildman–Crippen LogP) is 2.06. The SMILES string of the molecule is CC1(OCC(=O)O)CN(C(=O)/C=C/c2cccc(Cl)c2)C1. The summed E-state index contributed by atoms with van der Waals surface area (Å²) in [5.41, 5.74) is 0.277. The fraction of sp³-hybridized carbons (Fsp3) is 0.333. The molecule has 2 rings (SSSR count). The Morgan fingerprint density at radius 3 is 2.81 bits per heavy atom. The van der Waals surface area contributed by atoms with Gasteiger partial charge in [0, 0.05) is 11.1 Å². The molecule has 0 unspecified atom stereocenters. The highest BCUT2D eigenvalue weighted by Gasteiger charge is 2.42. The number of likely N-dealkylation sites (tertiary alicyclic amines) is 1. The molecule has 1 N–H and O–H groups in total. The molecule has 1 heterocycles. The van der Waals surface area contributed by atoms with Crippen LogP contribution in [0.3, 0.4) is 0 Å². The lowest BCUT2D eigenvalue weighted by Gasteiger charge is -2.46. The lowest BCUT2D eigenvalue weighted by atomic mass is 9.96. The second-order valence-electron chi connectivity index (χ2n) is 5.21. The van der Waals surface area contributed by atoms with Gasteiger partial charge < -0.3 is 14.7 Å². The third kappa shape index (κ3) is 4.31. The molecular formula is C15H16ClNO4. The summed E-state index contributed by atoms with van der Waals surface area (Å²) < 4.78 is 5.25. The van der Waals surface area contributed by atoms with E-state index < -0.39 is 11.6 Å². The molecule has 112 valence electrons. The number of halogens is 1. The molecule has 0 atom stereocenters. The molecule has 1 fully saturated rings. The van der Waals surface area contributed by atoms with E-state index in [1.54, 1.807) is 30.0 Å². The number of carbonyl (C=O) groups excluding carboxylic acids is 1. The fourth-order valence-corrected chi connectivity index (χ4v) is 2.33. The smallest absolute Gasteiger partial charge is 0.329 e. The van der Waals surface area contributed by atoms with Crippen LogP contribution in [-0.2, 0) is 14.3 Å². The highest BCUT2D eigenvalue weighted by molar-refractivity contribution is 6.30. The Bertz CT molecular complexity index is 579. The number of carboxylic acid groups (broad SMARTS) is 1. The Morgan fingerprint density at radius 1 is 1.48 bits per heavy atom. The number of nitrogens with zero attached hydrogens (tertiary/aromatic N) is 1. The van der Waals surface area contributed by atoms with Crippen LogP contribution in [0, 0.1) is 0 Å². The van der Waals surface area contributed by atoms with E-state index in [9.17, 15) is 9.59 Å². The molecule has 1 aliphatic heterocycles.